The van der Waals surface area contributed by atoms with Crippen molar-refractivity contribution in [1.82, 2.24) is 25.3 Å². The zero-order valence-corrected chi connectivity index (χ0v) is 19.4. The van der Waals surface area contributed by atoms with Gasteiger partial charge in [0.1, 0.15) is 6.07 Å². The summed E-state index contributed by atoms with van der Waals surface area (Å²) < 4.78 is 2.60. The Kier molecular flexibility index (Phi) is 5.57. The summed E-state index contributed by atoms with van der Waals surface area (Å²) in [7, 11) is 1.76. The van der Waals surface area contributed by atoms with E-state index in [0.717, 1.165) is 15.0 Å². The number of thiophene rings is 1. The van der Waals surface area contributed by atoms with E-state index in [9.17, 15) is 14.9 Å². The van der Waals surface area contributed by atoms with Gasteiger partial charge in [0, 0.05) is 33.0 Å². The smallest absolute Gasteiger partial charge is 0.404 e. The van der Waals surface area contributed by atoms with Crippen molar-refractivity contribution < 1.29 is 9.90 Å². The fourth-order valence-electron chi connectivity index (χ4n) is 4.15. The quantitative estimate of drug-likeness (QED) is 0.178. The van der Waals surface area contributed by atoms with Crippen LogP contribution in [0.3, 0.4) is 0 Å². The molecule has 36 heavy (non-hydrogen) atoms. The molecule has 0 unspecified atom stereocenters. The lowest BCUT2D eigenvalue weighted by molar-refractivity contribution is 0.194. The molecule has 2 aromatic carbocycles. The fourth-order valence-corrected chi connectivity index (χ4v) is 5.39. The Bertz CT molecular complexity index is 1840. The molecule has 0 atom stereocenters. The zero-order chi connectivity index (χ0) is 25.4. The molecule has 5 rings (SSSR count). The van der Waals surface area contributed by atoms with Gasteiger partial charge in [0.05, 0.1) is 45.6 Å². The van der Waals surface area contributed by atoms with Crippen LogP contribution in [-0.2, 0) is 13.6 Å². The van der Waals surface area contributed by atoms with Gasteiger partial charge in [0.2, 0.25) is 0 Å². The number of nitrogens with zero attached hydrogens (tertiary/aromatic N) is 7. The Morgan fingerprint density at radius 2 is 2.17 bits per heavy atom. The van der Waals surface area contributed by atoms with E-state index < -0.39 is 11.7 Å². The molecule has 5 aromatic rings. The summed E-state index contributed by atoms with van der Waals surface area (Å²) in [6.07, 6.45) is 0.364. The van der Waals surface area contributed by atoms with Crippen LogP contribution in [0, 0.1) is 11.3 Å². The number of hydrogen-bond donors (Lipinski definition) is 3. The molecule has 0 fully saturated rings. The van der Waals surface area contributed by atoms with Crippen molar-refractivity contribution in [3.63, 3.8) is 0 Å². The van der Waals surface area contributed by atoms with Gasteiger partial charge in [-0.3, -0.25) is 9.48 Å². The minimum absolute atomic E-state index is 0.0527. The molecule has 3 heterocycles. The Morgan fingerprint density at radius 3 is 2.92 bits per heavy atom. The van der Waals surface area contributed by atoms with Crippen LogP contribution in [0.25, 0.3) is 53.0 Å². The number of fused-ring (bicyclic) bond motifs is 2. The number of aromatic nitrogens is 4. The van der Waals surface area contributed by atoms with Crippen molar-refractivity contribution in [3.05, 3.63) is 74.6 Å². The average Bonchev–Trinajstić information content (AvgIpc) is 3.43. The number of carbonyl (C=O) groups is 1. The van der Waals surface area contributed by atoms with Crippen molar-refractivity contribution in [2.45, 2.75) is 6.54 Å². The highest BCUT2D eigenvalue weighted by Gasteiger charge is 2.22. The third-order valence-corrected chi connectivity index (χ3v) is 6.86. The molecule has 12 nitrogen and oxygen atoms in total. The Labute approximate surface area is 205 Å². The monoisotopic (exact) mass is 497 g/mol. The molecule has 176 valence electrons. The number of H-pyrrole nitrogens is 1. The first-order valence-electron chi connectivity index (χ1n) is 10.4. The Balaban J connectivity index is 1.81. The minimum Gasteiger partial charge on any atom is -0.465 e. The van der Waals surface area contributed by atoms with Gasteiger partial charge in [0.25, 0.3) is 5.56 Å². The third-order valence-electron chi connectivity index (χ3n) is 5.68. The van der Waals surface area contributed by atoms with Crippen LogP contribution in [0.2, 0.25) is 0 Å². The summed E-state index contributed by atoms with van der Waals surface area (Å²) in [4.78, 5) is 27.2. The number of azide groups is 1. The van der Waals surface area contributed by atoms with Crippen LogP contribution in [0.15, 0.2) is 52.5 Å². The maximum Gasteiger partial charge on any atom is 0.404 e. The molecule has 0 bridgehead atoms. The lowest BCUT2D eigenvalue weighted by Crippen LogP contribution is -2.22. The van der Waals surface area contributed by atoms with Crippen LogP contribution >= 0.6 is 11.3 Å². The van der Waals surface area contributed by atoms with Crippen molar-refractivity contribution >= 4 is 44.0 Å². The topological polar surface area (TPSA) is 185 Å². The van der Waals surface area contributed by atoms with Gasteiger partial charge in [-0.1, -0.05) is 23.3 Å². The first-order chi connectivity index (χ1) is 17.4. The van der Waals surface area contributed by atoms with Gasteiger partial charge in [-0.2, -0.15) is 15.5 Å². The number of carboxylic acid groups (broad SMARTS) is 1. The average molecular weight is 498 g/mol. The predicted octanol–water partition coefficient (Wildman–Crippen LogP) is 4.79. The number of aryl methyl sites for hydroxylation is 1. The molecule has 3 aromatic heterocycles. The van der Waals surface area contributed by atoms with Gasteiger partial charge in [0.15, 0.2) is 0 Å². The second-order valence-corrected chi connectivity index (χ2v) is 8.76. The van der Waals surface area contributed by atoms with Crippen LogP contribution in [0.5, 0.6) is 0 Å². The number of nitrogens with one attached hydrogen (secondary N) is 2. The number of benzene rings is 2. The highest BCUT2D eigenvalue weighted by Crippen LogP contribution is 2.43. The first kappa shape index (κ1) is 22.6. The molecule has 0 spiro atoms. The normalized spacial score (nSPS) is 10.8. The summed E-state index contributed by atoms with van der Waals surface area (Å²) in [5, 5.41) is 36.9. The van der Waals surface area contributed by atoms with Gasteiger partial charge >= 0.3 is 6.09 Å². The SMILES string of the molecule is Cn1ncc(-c2cc(N=[N+]=[N-])c3c(=O)[nH]nc(CNC(=O)O)c3c2)c1-c1sc2ccccc2c1C#N. The van der Waals surface area contributed by atoms with Crippen molar-refractivity contribution in [3.8, 4) is 27.8 Å². The van der Waals surface area contributed by atoms with Crippen molar-refractivity contribution in [2.24, 2.45) is 12.2 Å². The van der Waals surface area contributed by atoms with Gasteiger partial charge in [-0.05, 0) is 29.3 Å². The number of nitriles is 1. The van der Waals surface area contributed by atoms with E-state index in [-0.39, 0.29) is 23.3 Å². The van der Waals surface area contributed by atoms with E-state index >= 15 is 0 Å². The number of aromatic amines is 1. The van der Waals surface area contributed by atoms with Gasteiger partial charge in [-0.15, -0.1) is 11.3 Å². The second-order valence-electron chi connectivity index (χ2n) is 7.71. The number of rotatable bonds is 5. The molecule has 0 aliphatic heterocycles. The lowest BCUT2D eigenvalue weighted by atomic mass is 9.98. The summed E-state index contributed by atoms with van der Waals surface area (Å²) >= 11 is 1.46. The van der Waals surface area contributed by atoms with Crippen LogP contribution in [0.4, 0.5) is 10.5 Å². The van der Waals surface area contributed by atoms with Gasteiger partial charge < -0.3 is 10.4 Å². The molecule has 13 heteroatoms. The molecule has 0 saturated heterocycles. The molecule has 0 saturated carbocycles. The summed E-state index contributed by atoms with van der Waals surface area (Å²) in [6, 6.07) is 13.1. The Hall–Kier alpha value is -5.18. The largest absolute Gasteiger partial charge is 0.465 e. The van der Waals surface area contributed by atoms with Crippen LogP contribution in [0.1, 0.15) is 11.3 Å². The van der Waals surface area contributed by atoms with E-state index in [0.29, 0.717) is 27.8 Å². The molecule has 3 N–H and O–H groups in total. The van der Waals surface area contributed by atoms with E-state index in [2.05, 4.69) is 36.7 Å². The molecular weight excluding hydrogens is 482 g/mol. The molecule has 1 amide bonds. The molecular formula is C23H15N9O3S. The maximum absolute atomic E-state index is 12.6. The van der Waals surface area contributed by atoms with E-state index in [1.165, 1.54) is 11.3 Å². The predicted molar refractivity (Wildman–Crippen MR) is 134 cm³/mol. The highest BCUT2D eigenvalue weighted by molar-refractivity contribution is 7.22. The van der Waals surface area contributed by atoms with E-state index in [1.54, 1.807) is 30.1 Å². The second kappa shape index (κ2) is 8.88. The standard InChI is InChI=1S/C23H15N9O3S/c1-32-20(21-14(8-24)12-4-2-3-5-18(12)36-21)15(9-27-32)11-6-13-17(10-26-23(34)35)28-30-22(33)19(13)16(7-11)29-31-25/h2-7,9,26H,10H2,1H3,(H,30,33)(H,34,35). The summed E-state index contributed by atoms with van der Waals surface area (Å²) in [6.45, 7) is -0.184. The van der Waals surface area contributed by atoms with E-state index in [1.807, 2.05) is 24.3 Å². The lowest BCUT2D eigenvalue weighted by Gasteiger charge is -2.11. The maximum atomic E-state index is 12.6. The first-order valence-corrected chi connectivity index (χ1v) is 11.3. The molecule has 0 aliphatic rings. The number of amides is 1. The van der Waals surface area contributed by atoms with E-state index in [4.69, 9.17) is 10.6 Å². The minimum atomic E-state index is -1.26. The number of hydrogen-bond acceptors (Lipinski definition) is 7. The van der Waals surface area contributed by atoms with Crippen LogP contribution in [-0.4, -0.2) is 31.2 Å². The van der Waals surface area contributed by atoms with Crippen molar-refractivity contribution in [2.75, 3.05) is 0 Å². The van der Waals surface area contributed by atoms with Crippen molar-refractivity contribution in [1.29, 1.82) is 5.26 Å². The van der Waals surface area contributed by atoms with Gasteiger partial charge in [-0.25, -0.2) is 9.89 Å². The summed E-state index contributed by atoms with van der Waals surface area (Å²) in [5.41, 5.74) is 11.2. The molecule has 0 aliphatic carbocycles. The highest BCUT2D eigenvalue weighted by atomic mass is 32.1. The zero-order valence-electron chi connectivity index (χ0n) is 18.6. The Morgan fingerprint density at radius 1 is 1.36 bits per heavy atom. The van der Waals surface area contributed by atoms with Crippen LogP contribution < -0.4 is 10.9 Å². The fraction of sp³-hybridized carbons (Fsp3) is 0.0870. The molecule has 0 radical (unpaired) electrons. The summed E-state index contributed by atoms with van der Waals surface area (Å²) in [5.74, 6) is 0. The third kappa shape index (κ3) is 3.68.